The van der Waals surface area contributed by atoms with Gasteiger partial charge in [0, 0.05) is 6.42 Å². The molecule has 1 N–H and O–H groups in total. The van der Waals surface area contributed by atoms with E-state index in [9.17, 15) is 13.2 Å². The van der Waals surface area contributed by atoms with Gasteiger partial charge in [-0.05, 0) is 42.8 Å². The minimum Gasteiger partial charge on any atom is -0.497 e. The summed E-state index contributed by atoms with van der Waals surface area (Å²) in [6, 6.07) is 9.46. The number of ether oxygens (including phenoxy) is 1. The summed E-state index contributed by atoms with van der Waals surface area (Å²) in [5, 5.41) is 3.98. The van der Waals surface area contributed by atoms with E-state index in [1.807, 2.05) is 0 Å². The second-order valence-corrected chi connectivity index (χ2v) is 9.79. The van der Waals surface area contributed by atoms with E-state index in [2.05, 4.69) is 10.3 Å². The van der Waals surface area contributed by atoms with Gasteiger partial charge in [0.2, 0.25) is 5.91 Å². The van der Waals surface area contributed by atoms with Gasteiger partial charge in [0.05, 0.1) is 32.5 Å². The highest BCUT2D eigenvalue weighted by Crippen LogP contribution is 2.36. The van der Waals surface area contributed by atoms with E-state index in [4.69, 9.17) is 27.9 Å². The molecule has 1 heterocycles. The predicted octanol–water partition coefficient (Wildman–Crippen LogP) is 4.80. The van der Waals surface area contributed by atoms with Crippen LogP contribution in [0.25, 0.3) is 10.2 Å². The lowest BCUT2D eigenvalue weighted by atomic mass is 10.3. The Labute approximate surface area is 176 Å². The van der Waals surface area contributed by atoms with Crippen LogP contribution in [0.15, 0.2) is 41.3 Å². The molecule has 2 aromatic carbocycles. The maximum absolute atomic E-state index is 12.4. The standard InChI is InChI=1S/C18H16Cl2N2O4S2/c1-26-11-4-6-12(7-5-11)28(24,25)10-2-3-15(23)21-18-22-16-13(19)8-9-14(20)17(16)27-18/h4-9H,2-3,10H2,1H3,(H,21,22,23). The topological polar surface area (TPSA) is 85.4 Å². The number of aromatic nitrogens is 1. The quantitative estimate of drug-likeness (QED) is 0.549. The normalized spacial score (nSPS) is 11.5. The Morgan fingerprint density at radius 2 is 1.82 bits per heavy atom. The maximum Gasteiger partial charge on any atom is 0.226 e. The van der Waals surface area contributed by atoms with E-state index in [1.54, 1.807) is 24.3 Å². The van der Waals surface area contributed by atoms with Crippen LogP contribution in [0.2, 0.25) is 10.0 Å². The number of nitrogens with one attached hydrogen (secondary N) is 1. The Hall–Kier alpha value is -1.87. The van der Waals surface area contributed by atoms with Crippen LogP contribution < -0.4 is 10.1 Å². The van der Waals surface area contributed by atoms with Gasteiger partial charge >= 0.3 is 0 Å². The van der Waals surface area contributed by atoms with E-state index in [1.165, 1.54) is 30.6 Å². The molecule has 0 aliphatic heterocycles. The molecule has 1 amide bonds. The van der Waals surface area contributed by atoms with Crippen molar-refractivity contribution < 1.29 is 17.9 Å². The highest BCUT2D eigenvalue weighted by Gasteiger charge is 2.16. The van der Waals surface area contributed by atoms with Crippen molar-refractivity contribution in [1.29, 1.82) is 0 Å². The average molecular weight is 459 g/mol. The number of thiazole rings is 1. The molecule has 0 aliphatic carbocycles. The summed E-state index contributed by atoms with van der Waals surface area (Å²) >= 11 is 13.4. The van der Waals surface area contributed by atoms with Gasteiger partial charge in [0.15, 0.2) is 15.0 Å². The molecule has 0 fully saturated rings. The molecule has 3 aromatic rings. The van der Waals surface area contributed by atoms with Crippen molar-refractivity contribution in [3.63, 3.8) is 0 Å². The Morgan fingerprint density at radius 3 is 2.46 bits per heavy atom. The SMILES string of the molecule is COc1ccc(S(=O)(=O)CCCC(=O)Nc2nc3c(Cl)ccc(Cl)c3s2)cc1. The van der Waals surface area contributed by atoms with E-state index in [0.29, 0.717) is 31.1 Å². The molecule has 28 heavy (non-hydrogen) atoms. The van der Waals surface area contributed by atoms with Crippen molar-refractivity contribution in [2.24, 2.45) is 0 Å². The summed E-state index contributed by atoms with van der Waals surface area (Å²) < 4.78 is 30.4. The van der Waals surface area contributed by atoms with Crippen LogP contribution in [0.5, 0.6) is 5.75 Å². The Kier molecular flexibility index (Phi) is 6.44. The minimum absolute atomic E-state index is 0.0484. The fourth-order valence-electron chi connectivity index (χ4n) is 2.50. The zero-order chi connectivity index (χ0) is 20.3. The molecule has 0 aliphatic rings. The molecule has 10 heteroatoms. The monoisotopic (exact) mass is 458 g/mol. The third-order valence-corrected chi connectivity index (χ3v) is 7.48. The van der Waals surface area contributed by atoms with Crippen LogP contribution in [0.3, 0.4) is 0 Å². The van der Waals surface area contributed by atoms with Crippen molar-refractivity contribution in [2.45, 2.75) is 17.7 Å². The third kappa shape index (κ3) is 4.75. The summed E-state index contributed by atoms with van der Waals surface area (Å²) in [6.07, 6.45) is 0.235. The zero-order valence-electron chi connectivity index (χ0n) is 14.7. The molecule has 3 rings (SSSR count). The lowest BCUT2D eigenvalue weighted by Gasteiger charge is -2.06. The summed E-state index contributed by atoms with van der Waals surface area (Å²) in [4.78, 5) is 16.6. The predicted molar refractivity (Wildman–Crippen MR) is 113 cm³/mol. The third-order valence-electron chi connectivity index (χ3n) is 3.93. The number of carbonyl (C=O) groups excluding carboxylic acids is 1. The summed E-state index contributed by atoms with van der Waals surface area (Å²) in [6.45, 7) is 0. The van der Waals surface area contributed by atoms with Gasteiger partial charge in [-0.2, -0.15) is 0 Å². The van der Waals surface area contributed by atoms with Gasteiger partial charge in [-0.25, -0.2) is 13.4 Å². The van der Waals surface area contributed by atoms with Gasteiger partial charge in [-0.3, -0.25) is 4.79 Å². The molecule has 0 bridgehead atoms. The number of rotatable bonds is 7. The molecular weight excluding hydrogens is 443 g/mol. The van der Waals surface area contributed by atoms with Gasteiger partial charge < -0.3 is 10.1 Å². The second kappa shape index (κ2) is 8.65. The number of nitrogens with zero attached hydrogens (tertiary/aromatic N) is 1. The van der Waals surface area contributed by atoms with E-state index < -0.39 is 9.84 Å². The number of anilines is 1. The number of benzene rings is 2. The zero-order valence-corrected chi connectivity index (χ0v) is 17.9. The molecule has 0 unspecified atom stereocenters. The van der Waals surface area contributed by atoms with E-state index in [-0.39, 0.29) is 29.4 Å². The van der Waals surface area contributed by atoms with Crippen LogP contribution >= 0.6 is 34.5 Å². The minimum atomic E-state index is -3.47. The van der Waals surface area contributed by atoms with E-state index in [0.717, 1.165) is 0 Å². The van der Waals surface area contributed by atoms with Crippen molar-refractivity contribution in [1.82, 2.24) is 4.98 Å². The first-order valence-corrected chi connectivity index (χ1v) is 11.4. The number of halogens is 2. The van der Waals surface area contributed by atoms with Crippen LogP contribution in [-0.2, 0) is 14.6 Å². The van der Waals surface area contributed by atoms with Gasteiger partial charge in [0.25, 0.3) is 0 Å². The molecule has 0 saturated heterocycles. The van der Waals surface area contributed by atoms with Crippen LogP contribution in [0, 0.1) is 0 Å². The van der Waals surface area contributed by atoms with Gasteiger partial charge in [0.1, 0.15) is 11.3 Å². The Morgan fingerprint density at radius 1 is 1.14 bits per heavy atom. The highest BCUT2D eigenvalue weighted by atomic mass is 35.5. The number of hydrogen-bond donors (Lipinski definition) is 1. The smallest absolute Gasteiger partial charge is 0.226 e. The van der Waals surface area contributed by atoms with Crippen molar-refractivity contribution in [2.75, 3.05) is 18.2 Å². The first kappa shape index (κ1) is 20.9. The maximum atomic E-state index is 12.4. The molecule has 0 spiro atoms. The lowest BCUT2D eigenvalue weighted by molar-refractivity contribution is -0.116. The van der Waals surface area contributed by atoms with Crippen molar-refractivity contribution in [3.8, 4) is 5.75 Å². The molecule has 1 aromatic heterocycles. The molecule has 6 nitrogen and oxygen atoms in total. The molecule has 148 valence electrons. The summed E-state index contributed by atoms with van der Waals surface area (Å²) in [5.74, 6) is 0.121. The number of methoxy groups -OCH3 is 1. The van der Waals surface area contributed by atoms with E-state index >= 15 is 0 Å². The Bertz CT molecular complexity index is 1070. The number of amides is 1. The number of hydrogen-bond acceptors (Lipinski definition) is 6. The first-order chi connectivity index (χ1) is 13.3. The molecule has 0 radical (unpaired) electrons. The summed E-state index contributed by atoms with van der Waals surface area (Å²) in [7, 11) is -1.96. The molecule has 0 atom stereocenters. The fourth-order valence-corrected chi connectivity index (χ4v) is 5.25. The van der Waals surface area contributed by atoms with Gasteiger partial charge in [-0.1, -0.05) is 34.5 Å². The van der Waals surface area contributed by atoms with Crippen LogP contribution in [0.4, 0.5) is 5.13 Å². The highest BCUT2D eigenvalue weighted by molar-refractivity contribution is 7.91. The van der Waals surface area contributed by atoms with Crippen LogP contribution in [0.1, 0.15) is 12.8 Å². The van der Waals surface area contributed by atoms with Crippen molar-refractivity contribution >= 4 is 65.6 Å². The van der Waals surface area contributed by atoms with Gasteiger partial charge in [-0.15, -0.1) is 0 Å². The molecule has 0 saturated carbocycles. The lowest BCUT2D eigenvalue weighted by Crippen LogP contribution is -2.14. The second-order valence-electron chi connectivity index (χ2n) is 5.87. The number of sulfone groups is 1. The molecular formula is C18H16Cl2N2O4S2. The van der Waals surface area contributed by atoms with Crippen molar-refractivity contribution in [3.05, 3.63) is 46.4 Å². The van der Waals surface area contributed by atoms with Crippen LogP contribution in [-0.4, -0.2) is 32.2 Å². The fraction of sp³-hybridized carbons (Fsp3) is 0.222. The largest absolute Gasteiger partial charge is 0.497 e. The first-order valence-electron chi connectivity index (χ1n) is 8.21. The average Bonchev–Trinajstić information content (AvgIpc) is 3.09. The number of carbonyl (C=O) groups is 1. The summed E-state index contributed by atoms with van der Waals surface area (Å²) in [5.41, 5.74) is 0.525. The number of fused-ring (bicyclic) bond motifs is 1. The Balaban J connectivity index is 1.58.